The van der Waals surface area contributed by atoms with Gasteiger partial charge >= 0.3 is 5.97 Å². The number of carboxylic acids is 1. The molecule has 0 spiro atoms. The van der Waals surface area contributed by atoms with Crippen LogP contribution in [0.25, 0.3) is 0 Å². The number of benzene rings is 1. The molecule has 2 atom stereocenters. The first-order valence-electron chi connectivity index (χ1n) is 6.34. The second-order valence-corrected chi connectivity index (χ2v) is 4.79. The number of carbonyl (C=O) groups is 1. The number of likely N-dealkylation sites (tertiary alicyclic amines) is 1. The molecule has 1 aliphatic rings. The van der Waals surface area contributed by atoms with E-state index in [0.717, 1.165) is 18.5 Å². The van der Waals surface area contributed by atoms with E-state index in [1.54, 1.807) is 12.1 Å². The lowest BCUT2D eigenvalue weighted by molar-refractivity contribution is -0.141. The lowest BCUT2D eigenvalue weighted by atomic mass is 10.0. The predicted molar refractivity (Wildman–Crippen MR) is 66.7 cm³/mol. The van der Waals surface area contributed by atoms with Gasteiger partial charge in [0.05, 0.1) is 5.92 Å². The first-order chi connectivity index (χ1) is 8.61. The lowest BCUT2D eigenvalue weighted by Gasteiger charge is -2.27. The zero-order chi connectivity index (χ0) is 13.1. The van der Waals surface area contributed by atoms with E-state index in [2.05, 4.69) is 11.8 Å². The van der Waals surface area contributed by atoms with E-state index in [1.807, 2.05) is 0 Å². The van der Waals surface area contributed by atoms with E-state index < -0.39 is 5.97 Å². The number of aliphatic carboxylic acids is 1. The van der Waals surface area contributed by atoms with E-state index in [9.17, 15) is 9.18 Å². The highest BCUT2D eigenvalue weighted by Crippen LogP contribution is 2.30. The van der Waals surface area contributed by atoms with Crippen LogP contribution in [0.5, 0.6) is 0 Å². The molecular weight excluding hydrogens is 233 g/mol. The molecule has 0 unspecified atom stereocenters. The Hall–Kier alpha value is -1.42. The van der Waals surface area contributed by atoms with Crippen molar-refractivity contribution in [3.05, 3.63) is 35.6 Å². The minimum atomic E-state index is -0.716. The Bertz CT molecular complexity index is 418. The Labute approximate surface area is 106 Å². The fourth-order valence-electron chi connectivity index (χ4n) is 2.66. The van der Waals surface area contributed by atoms with E-state index in [0.29, 0.717) is 13.0 Å². The smallest absolute Gasteiger partial charge is 0.307 e. The zero-order valence-electron chi connectivity index (χ0n) is 10.5. The molecule has 1 aliphatic heterocycles. The second kappa shape index (κ2) is 5.48. The molecule has 3 nitrogen and oxygen atoms in total. The van der Waals surface area contributed by atoms with Crippen molar-refractivity contribution in [3.8, 4) is 0 Å². The van der Waals surface area contributed by atoms with Gasteiger partial charge in [0, 0.05) is 12.6 Å². The van der Waals surface area contributed by atoms with Gasteiger partial charge in [0.25, 0.3) is 0 Å². The van der Waals surface area contributed by atoms with Crippen molar-refractivity contribution in [2.45, 2.75) is 25.8 Å². The summed E-state index contributed by atoms with van der Waals surface area (Å²) in [6.07, 6.45) is 1.60. The molecule has 1 aromatic carbocycles. The molecule has 0 saturated carbocycles. The molecule has 0 radical (unpaired) electrons. The highest BCUT2D eigenvalue weighted by atomic mass is 19.1. The Morgan fingerprint density at radius 3 is 2.67 bits per heavy atom. The summed E-state index contributed by atoms with van der Waals surface area (Å²) in [4.78, 5) is 13.1. The molecule has 1 aromatic rings. The molecule has 1 N–H and O–H groups in total. The van der Waals surface area contributed by atoms with Gasteiger partial charge in [-0.2, -0.15) is 0 Å². The predicted octanol–water partition coefficient (Wildman–Crippen LogP) is 2.68. The number of carboxylic acid groups (broad SMARTS) is 1. The van der Waals surface area contributed by atoms with Crippen LogP contribution in [0.4, 0.5) is 4.39 Å². The largest absolute Gasteiger partial charge is 0.481 e. The van der Waals surface area contributed by atoms with Gasteiger partial charge in [0.15, 0.2) is 0 Å². The monoisotopic (exact) mass is 251 g/mol. The van der Waals surface area contributed by atoms with Gasteiger partial charge in [-0.3, -0.25) is 9.69 Å². The Kier molecular flexibility index (Phi) is 3.97. The van der Waals surface area contributed by atoms with Gasteiger partial charge < -0.3 is 5.11 Å². The van der Waals surface area contributed by atoms with Crippen molar-refractivity contribution >= 4 is 5.97 Å². The SMILES string of the molecule is CC[C@H](c1ccc(F)cc1)N1CC[C@H](C(=O)O)C1. The molecule has 1 saturated heterocycles. The van der Waals surface area contributed by atoms with Crippen LogP contribution in [0.1, 0.15) is 31.4 Å². The summed E-state index contributed by atoms with van der Waals surface area (Å²) >= 11 is 0. The molecule has 98 valence electrons. The molecule has 1 fully saturated rings. The number of rotatable bonds is 4. The number of hydrogen-bond acceptors (Lipinski definition) is 2. The fourth-order valence-corrected chi connectivity index (χ4v) is 2.66. The Morgan fingerprint density at radius 2 is 2.17 bits per heavy atom. The van der Waals surface area contributed by atoms with E-state index in [4.69, 9.17) is 5.11 Å². The molecule has 0 bridgehead atoms. The summed E-state index contributed by atoms with van der Waals surface area (Å²) < 4.78 is 12.9. The maximum Gasteiger partial charge on any atom is 0.307 e. The Morgan fingerprint density at radius 1 is 1.50 bits per heavy atom. The van der Waals surface area contributed by atoms with Crippen molar-refractivity contribution in [1.82, 2.24) is 4.90 Å². The van der Waals surface area contributed by atoms with E-state index >= 15 is 0 Å². The highest BCUT2D eigenvalue weighted by molar-refractivity contribution is 5.70. The summed E-state index contributed by atoms with van der Waals surface area (Å²) in [5.41, 5.74) is 1.06. The first kappa shape index (κ1) is 13.0. The standard InChI is InChI=1S/C14H18FNO2/c1-2-13(10-3-5-12(15)6-4-10)16-8-7-11(9-16)14(17)18/h3-6,11,13H,2,7-9H2,1H3,(H,17,18)/t11-,13+/m0/s1. The average molecular weight is 251 g/mol. The van der Waals surface area contributed by atoms with Crippen LogP contribution in [0.15, 0.2) is 24.3 Å². The summed E-state index contributed by atoms with van der Waals surface area (Å²) in [5.74, 6) is -1.22. The van der Waals surface area contributed by atoms with Crippen LogP contribution < -0.4 is 0 Å². The van der Waals surface area contributed by atoms with Gasteiger partial charge in [0.1, 0.15) is 5.82 Å². The summed E-state index contributed by atoms with van der Waals surface area (Å²) in [6.45, 7) is 3.46. The lowest BCUT2D eigenvalue weighted by Crippen LogP contribution is -2.27. The van der Waals surface area contributed by atoms with Gasteiger partial charge in [-0.05, 0) is 37.1 Å². The first-order valence-corrected chi connectivity index (χ1v) is 6.34. The maximum atomic E-state index is 12.9. The summed E-state index contributed by atoms with van der Waals surface area (Å²) in [5, 5.41) is 9.02. The number of nitrogens with zero attached hydrogens (tertiary/aromatic N) is 1. The van der Waals surface area contributed by atoms with E-state index in [-0.39, 0.29) is 17.8 Å². The van der Waals surface area contributed by atoms with Gasteiger partial charge in [0.2, 0.25) is 0 Å². The molecular formula is C14H18FNO2. The van der Waals surface area contributed by atoms with Crippen molar-refractivity contribution < 1.29 is 14.3 Å². The van der Waals surface area contributed by atoms with Crippen molar-refractivity contribution in [3.63, 3.8) is 0 Å². The maximum absolute atomic E-state index is 12.9. The molecule has 1 heterocycles. The van der Waals surface area contributed by atoms with Crippen molar-refractivity contribution in [2.24, 2.45) is 5.92 Å². The fraction of sp³-hybridized carbons (Fsp3) is 0.500. The van der Waals surface area contributed by atoms with Crippen LogP contribution >= 0.6 is 0 Å². The molecule has 2 rings (SSSR count). The van der Waals surface area contributed by atoms with Crippen molar-refractivity contribution in [2.75, 3.05) is 13.1 Å². The molecule has 18 heavy (non-hydrogen) atoms. The van der Waals surface area contributed by atoms with Gasteiger partial charge in [-0.15, -0.1) is 0 Å². The normalized spacial score (nSPS) is 22.0. The van der Waals surface area contributed by atoms with Gasteiger partial charge in [-0.1, -0.05) is 19.1 Å². The minimum absolute atomic E-state index is 0.190. The summed E-state index contributed by atoms with van der Waals surface area (Å²) in [6, 6.07) is 6.69. The molecule has 4 heteroatoms. The quantitative estimate of drug-likeness (QED) is 0.894. The highest BCUT2D eigenvalue weighted by Gasteiger charge is 2.31. The Balaban J connectivity index is 2.10. The van der Waals surface area contributed by atoms with Crippen LogP contribution in [0.3, 0.4) is 0 Å². The minimum Gasteiger partial charge on any atom is -0.481 e. The third-order valence-corrected chi connectivity index (χ3v) is 3.65. The van der Waals surface area contributed by atoms with Crippen LogP contribution in [0.2, 0.25) is 0 Å². The third kappa shape index (κ3) is 2.70. The second-order valence-electron chi connectivity index (χ2n) is 4.79. The average Bonchev–Trinajstić information content (AvgIpc) is 2.82. The van der Waals surface area contributed by atoms with Crippen LogP contribution in [-0.4, -0.2) is 29.1 Å². The zero-order valence-corrected chi connectivity index (χ0v) is 10.5. The third-order valence-electron chi connectivity index (χ3n) is 3.65. The topological polar surface area (TPSA) is 40.5 Å². The number of halogens is 1. The van der Waals surface area contributed by atoms with Gasteiger partial charge in [-0.25, -0.2) is 4.39 Å². The van der Waals surface area contributed by atoms with E-state index in [1.165, 1.54) is 12.1 Å². The van der Waals surface area contributed by atoms with Crippen molar-refractivity contribution in [1.29, 1.82) is 0 Å². The molecule has 0 aliphatic carbocycles. The van der Waals surface area contributed by atoms with Crippen LogP contribution in [-0.2, 0) is 4.79 Å². The molecule has 0 aromatic heterocycles. The summed E-state index contributed by atoms with van der Waals surface area (Å²) in [7, 11) is 0. The number of hydrogen-bond donors (Lipinski definition) is 1. The van der Waals surface area contributed by atoms with Crippen LogP contribution in [0, 0.1) is 11.7 Å². The molecule has 0 amide bonds.